The normalized spacial score (nSPS) is 11.7. The van der Waals surface area contributed by atoms with E-state index in [9.17, 15) is 9.90 Å². The predicted octanol–water partition coefficient (Wildman–Crippen LogP) is 2.91. The standard InChI is InChI=1S/C17H18O6/c1-2-21-16(23-12-6-4-3-5-7-12)11-22-13-8-9-14(17(19)20)15(18)10-13/h3-10,16,18H,2,11H2,1H3,(H,19,20). The van der Waals surface area contributed by atoms with E-state index in [0.717, 1.165) is 0 Å². The lowest BCUT2D eigenvalue weighted by Crippen LogP contribution is -2.28. The van der Waals surface area contributed by atoms with E-state index in [2.05, 4.69) is 0 Å². The van der Waals surface area contributed by atoms with Crippen molar-refractivity contribution in [3.8, 4) is 17.2 Å². The van der Waals surface area contributed by atoms with Gasteiger partial charge >= 0.3 is 5.97 Å². The molecule has 122 valence electrons. The average Bonchev–Trinajstić information content (AvgIpc) is 2.53. The van der Waals surface area contributed by atoms with Crippen LogP contribution in [0.5, 0.6) is 17.2 Å². The van der Waals surface area contributed by atoms with Crippen molar-refractivity contribution in [2.75, 3.05) is 13.2 Å². The highest BCUT2D eigenvalue weighted by Crippen LogP contribution is 2.24. The number of hydrogen-bond acceptors (Lipinski definition) is 5. The van der Waals surface area contributed by atoms with E-state index in [1.807, 2.05) is 25.1 Å². The zero-order chi connectivity index (χ0) is 16.7. The second kappa shape index (κ2) is 8.05. The van der Waals surface area contributed by atoms with Crippen molar-refractivity contribution >= 4 is 5.97 Å². The summed E-state index contributed by atoms with van der Waals surface area (Å²) in [5.74, 6) is -0.576. The van der Waals surface area contributed by atoms with Gasteiger partial charge in [0.2, 0.25) is 6.29 Å². The molecule has 0 saturated carbocycles. The molecular weight excluding hydrogens is 300 g/mol. The van der Waals surface area contributed by atoms with Crippen molar-refractivity contribution in [1.82, 2.24) is 0 Å². The maximum atomic E-state index is 10.8. The smallest absolute Gasteiger partial charge is 0.339 e. The maximum absolute atomic E-state index is 10.8. The first-order valence-electron chi connectivity index (χ1n) is 7.12. The lowest BCUT2D eigenvalue weighted by Gasteiger charge is -2.19. The number of carboxylic acids is 1. The molecule has 0 spiro atoms. The number of carboxylic acid groups (broad SMARTS) is 1. The molecule has 1 atom stereocenters. The molecule has 0 aromatic heterocycles. The molecule has 0 fully saturated rings. The summed E-state index contributed by atoms with van der Waals surface area (Å²) in [5, 5.41) is 18.5. The molecular formula is C17H18O6. The van der Waals surface area contributed by atoms with Gasteiger partial charge in [0.25, 0.3) is 0 Å². The summed E-state index contributed by atoms with van der Waals surface area (Å²) < 4.78 is 16.6. The van der Waals surface area contributed by atoms with Crippen LogP contribution in [-0.4, -0.2) is 35.7 Å². The molecule has 0 aliphatic carbocycles. The number of hydrogen-bond donors (Lipinski definition) is 2. The van der Waals surface area contributed by atoms with Crippen molar-refractivity contribution in [3.05, 3.63) is 54.1 Å². The van der Waals surface area contributed by atoms with Crippen molar-refractivity contribution in [2.45, 2.75) is 13.2 Å². The molecule has 2 rings (SSSR count). The first-order chi connectivity index (χ1) is 11.1. The van der Waals surface area contributed by atoms with Gasteiger partial charge in [-0.25, -0.2) is 4.79 Å². The van der Waals surface area contributed by atoms with Crippen LogP contribution < -0.4 is 9.47 Å². The molecule has 0 bridgehead atoms. The first kappa shape index (κ1) is 16.6. The van der Waals surface area contributed by atoms with E-state index in [0.29, 0.717) is 18.1 Å². The monoisotopic (exact) mass is 318 g/mol. The van der Waals surface area contributed by atoms with Crippen molar-refractivity contribution < 1.29 is 29.2 Å². The summed E-state index contributed by atoms with van der Waals surface area (Å²) in [5.41, 5.74) is -0.181. The number of ether oxygens (including phenoxy) is 3. The molecule has 0 aliphatic heterocycles. The number of rotatable bonds is 8. The summed E-state index contributed by atoms with van der Waals surface area (Å²) in [6, 6.07) is 13.2. The minimum Gasteiger partial charge on any atom is -0.507 e. The highest BCUT2D eigenvalue weighted by atomic mass is 16.7. The van der Waals surface area contributed by atoms with Gasteiger partial charge in [0.1, 0.15) is 22.8 Å². The molecule has 0 radical (unpaired) electrons. The molecule has 0 aliphatic rings. The van der Waals surface area contributed by atoms with Crippen LogP contribution >= 0.6 is 0 Å². The van der Waals surface area contributed by atoms with Crippen LogP contribution in [0.15, 0.2) is 48.5 Å². The molecule has 23 heavy (non-hydrogen) atoms. The van der Waals surface area contributed by atoms with Crippen molar-refractivity contribution in [1.29, 1.82) is 0 Å². The number of aromatic carboxylic acids is 1. The minimum absolute atomic E-state index is 0.0919. The summed E-state index contributed by atoms with van der Waals surface area (Å²) in [6.07, 6.45) is -0.622. The highest BCUT2D eigenvalue weighted by Gasteiger charge is 2.14. The van der Waals surface area contributed by atoms with Crippen LogP contribution in [0.1, 0.15) is 17.3 Å². The minimum atomic E-state index is -1.20. The molecule has 0 heterocycles. The van der Waals surface area contributed by atoms with Gasteiger partial charge in [0.05, 0.1) is 0 Å². The Morgan fingerprint density at radius 3 is 2.48 bits per heavy atom. The van der Waals surface area contributed by atoms with Gasteiger partial charge in [-0.05, 0) is 31.2 Å². The quantitative estimate of drug-likeness (QED) is 0.728. The number of para-hydroxylation sites is 1. The number of benzene rings is 2. The average molecular weight is 318 g/mol. The lowest BCUT2D eigenvalue weighted by molar-refractivity contribution is -0.0972. The van der Waals surface area contributed by atoms with Crippen molar-refractivity contribution in [3.63, 3.8) is 0 Å². The van der Waals surface area contributed by atoms with Crippen LogP contribution in [0.25, 0.3) is 0 Å². The summed E-state index contributed by atoms with van der Waals surface area (Å²) >= 11 is 0. The molecule has 0 amide bonds. The Hall–Kier alpha value is -2.73. The molecule has 1 unspecified atom stereocenters. The molecule has 6 heteroatoms. The second-order valence-corrected chi connectivity index (χ2v) is 4.61. The van der Waals surface area contributed by atoms with Gasteiger partial charge in [-0.15, -0.1) is 0 Å². The highest BCUT2D eigenvalue weighted by molar-refractivity contribution is 5.90. The Balaban J connectivity index is 1.98. The third kappa shape index (κ3) is 4.89. The zero-order valence-corrected chi connectivity index (χ0v) is 12.6. The molecule has 2 aromatic rings. The Morgan fingerprint density at radius 2 is 1.87 bits per heavy atom. The molecule has 6 nitrogen and oxygen atoms in total. The fraction of sp³-hybridized carbons (Fsp3) is 0.235. The van der Waals surface area contributed by atoms with Gasteiger partial charge in [0, 0.05) is 12.7 Å². The van der Waals surface area contributed by atoms with E-state index < -0.39 is 12.3 Å². The van der Waals surface area contributed by atoms with Gasteiger partial charge < -0.3 is 24.4 Å². The Kier molecular flexibility index (Phi) is 5.82. The SMILES string of the molecule is CCOC(COc1ccc(C(=O)O)c(O)c1)Oc1ccccc1. The summed E-state index contributed by atoms with van der Waals surface area (Å²) in [6.45, 7) is 2.38. The molecule has 0 saturated heterocycles. The van der Waals surface area contributed by atoms with E-state index >= 15 is 0 Å². The fourth-order valence-electron chi connectivity index (χ4n) is 1.90. The van der Waals surface area contributed by atoms with E-state index in [1.54, 1.807) is 12.1 Å². The van der Waals surface area contributed by atoms with Crippen LogP contribution in [0.4, 0.5) is 0 Å². The Bertz CT molecular complexity index is 641. The van der Waals surface area contributed by atoms with E-state index in [1.165, 1.54) is 18.2 Å². The van der Waals surface area contributed by atoms with Crippen LogP contribution in [0.2, 0.25) is 0 Å². The zero-order valence-electron chi connectivity index (χ0n) is 12.6. The largest absolute Gasteiger partial charge is 0.507 e. The maximum Gasteiger partial charge on any atom is 0.339 e. The Labute approximate surface area is 133 Å². The predicted molar refractivity (Wildman–Crippen MR) is 83.0 cm³/mol. The lowest BCUT2D eigenvalue weighted by atomic mass is 10.2. The van der Waals surface area contributed by atoms with E-state index in [-0.39, 0.29) is 17.9 Å². The van der Waals surface area contributed by atoms with Gasteiger partial charge in [-0.1, -0.05) is 18.2 Å². The van der Waals surface area contributed by atoms with Crippen LogP contribution in [0, 0.1) is 0 Å². The molecule has 2 aromatic carbocycles. The van der Waals surface area contributed by atoms with Gasteiger partial charge in [-0.2, -0.15) is 0 Å². The summed E-state index contributed by atoms with van der Waals surface area (Å²) in [4.78, 5) is 10.8. The fourth-order valence-corrected chi connectivity index (χ4v) is 1.90. The third-order valence-electron chi connectivity index (χ3n) is 2.95. The van der Waals surface area contributed by atoms with Crippen LogP contribution in [0.3, 0.4) is 0 Å². The van der Waals surface area contributed by atoms with E-state index in [4.69, 9.17) is 19.3 Å². The topological polar surface area (TPSA) is 85.2 Å². The molecule has 2 N–H and O–H groups in total. The number of carbonyl (C=O) groups is 1. The third-order valence-corrected chi connectivity index (χ3v) is 2.95. The number of aromatic hydroxyl groups is 1. The van der Waals surface area contributed by atoms with Gasteiger partial charge in [0.15, 0.2) is 6.61 Å². The second-order valence-electron chi connectivity index (χ2n) is 4.61. The van der Waals surface area contributed by atoms with Crippen molar-refractivity contribution in [2.24, 2.45) is 0 Å². The number of phenols is 1. The first-order valence-corrected chi connectivity index (χ1v) is 7.12. The van der Waals surface area contributed by atoms with Crippen LogP contribution in [-0.2, 0) is 4.74 Å². The van der Waals surface area contributed by atoms with Gasteiger partial charge in [-0.3, -0.25) is 0 Å². The Morgan fingerprint density at radius 1 is 1.13 bits per heavy atom. The summed E-state index contributed by atoms with van der Waals surface area (Å²) in [7, 11) is 0.